The molecular weight excluding hydrogens is 560 g/mol. The molecule has 42 heavy (non-hydrogen) atoms. The lowest BCUT2D eigenvalue weighted by atomic mass is 10.7. The molecule has 0 unspecified atom stereocenters. The van der Waals surface area contributed by atoms with E-state index in [1.54, 1.807) is 56.9 Å². The Hall–Kier alpha value is -0.560. The Bertz CT molecular complexity index is 353. The van der Waals surface area contributed by atoms with E-state index in [0.717, 1.165) is 0 Å². The molecule has 0 saturated heterocycles. The predicted octanol–water partition coefficient (Wildman–Crippen LogP) is 1.22. The largest absolute Gasteiger partial charge is 0.382 e. The van der Waals surface area contributed by atoms with Crippen molar-refractivity contribution in [1.29, 1.82) is 0 Å². The third-order valence-corrected chi connectivity index (χ3v) is 4.20. The summed E-state index contributed by atoms with van der Waals surface area (Å²) in [7, 11) is 13.2. The maximum Gasteiger partial charge on any atom is 0.0701 e. The van der Waals surface area contributed by atoms with E-state index in [1.807, 2.05) is 0 Å². The Morgan fingerprint density at radius 3 is 0.381 bits per heavy atom. The van der Waals surface area contributed by atoms with Crippen LogP contribution >= 0.6 is 0 Å². The molecular formula is C28H64O14. The van der Waals surface area contributed by atoms with Gasteiger partial charge in [0.1, 0.15) is 0 Å². The minimum atomic E-state index is 0.595. The number of ether oxygens (including phenoxy) is 14. The Labute approximate surface area is 255 Å². The molecule has 0 heterocycles. The Balaban J connectivity index is -0.000000241. The molecule has 0 aromatic heterocycles. The highest BCUT2D eigenvalue weighted by Gasteiger charge is 1.91. The number of hydrogen-bond acceptors (Lipinski definition) is 14. The second-order valence-electron chi connectivity index (χ2n) is 7.62. The van der Waals surface area contributed by atoms with E-state index in [4.69, 9.17) is 56.8 Å². The lowest BCUT2D eigenvalue weighted by Crippen LogP contribution is -2.12. The van der Waals surface area contributed by atoms with E-state index < -0.39 is 0 Å². The maximum atomic E-state index is 5.26. The molecule has 0 N–H and O–H groups in total. The van der Waals surface area contributed by atoms with Crippen molar-refractivity contribution < 1.29 is 66.3 Å². The van der Waals surface area contributed by atoms with Crippen LogP contribution in [0.1, 0.15) is 0 Å². The van der Waals surface area contributed by atoms with Gasteiger partial charge >= 0.3 is 0 Å². The van der Waals surface area contributed by atoms with Crippen LogP contribution in [0.5, 0.6) is 0 Å². The molecule has 14 nitrogen and oxygen atoms in total. The lowest BCUT2D eigenvalue weighted by molar-refractivity contribution is -0.00380. The van der Waals surface area contributed by atoms with E-state index in [9.17, 15) is 0 Å². The molecule has 0 aromatic rings. The van der Waals surface area contributed by atoms with Gasteiger partial charge in [-0.3, -0.25) is 0 Å². The van der Waals surface area contributed by atoms with Gasteiger partial charge in [0.05, 0.1) is 132 Å². The fourth-order valence-corrected chi connectivity index (χ4v) is 1.99. The first-order chi connectivity index (χ1) is 20.7. The van der Waals surface area contributed by atoms with Crippen molar-refractivity contribution in [3.63, 3.8) is 0 Å². The van der Waals surface area contributed by atoms with Crippen LogP contribution < -0.4 is 0 Å². The SMILES string of the molecule is COCCOC.COCCOCCOC.COCCOCCOCCOC.COCCOCCOCCOCCOC. The first kappa shape index (κ1) is 48.3. The zero-order valence-corrected chi connectivity index (χ0v) is 27.9. The standard InChI is InChI=1S/C10H22O5.C8H18O4.C6H14O3.C4H10O2/c1-11-3-5-13-7-9-15-10-8-14-6-4-12-2;1-9-3-5-11-7-8-12-6-4-10-2;1-7-3-5-9-6-4-8-2;1-5-3-4-6-2/h3-10H2,1-2H3;3-8H2,1-2H3;3-6H2,1-2H3;3-4H2,1-2H3. The molecule has 0 spiro atoms. The molecule has 0 fully saturated rings. The van der Waals surface area contributed by atoms with Crippen molar-refractivity contribution in [3.05, 3.63) is 0 Å². The summed E-state index contributed by atoms with van der Waals surface area (Å²) >= 11 is 0. The molecule has 0 aliphatic rings. The van der Waals surface area contributed by atoms with Gasteiger partial charge in [-0.05, 0) is 0 Å². The monoisotopic (exact) mass is 624 g/mol. The molecule has 0 aliphatic carbocycles. The van der Waals surface area contributed by atoms with Crippen molar-refractivity contribution >= 4 is 0 Å². The van der Waals surface area contributed by atoms with Gasteiger partial charge in [-0.15, -0.1) is 0 Å². The molecule has 0 aliphatic heterocycles. The van der Waals surface area contributed by atoms with Gasteiger partial charge in [-0.25, -0.2) is 0 Å². The van der Waals surface area contributed by atoms with Gasteiger partial charge in [0.15, 0.2) is 0 Å². The molecule has 0 amide bonds. The summed E-state index contributed by atoms with van der Waals surface area (Å²) < 4.78 is 69.2. The van der Waals surface area contributed by atoms with Crippen LogP contribution in [0.3, 0.4) is 0 Å². The van der Waals surface area contributed by atoms with Crippen molar-refractivity contribution in [1.82, 2.24) is 0 Å². The summed E-state index contributed by atoms with van der Waals surface area (Å²) in [6, 6.07) is 0. The minimum absolute atomic E-state index is 0.595. The van der Waals surface area contributed by atoms with Crippen LogP contribution in [0.2, 0.25) is 0 Å². The fourth-order valence-electron chi connectivity index (χ4n) is 1.99. The molecule has 0 saturated carbocycles. The van der Waals surface area contributed by atoms with Gasteiger partial charge in [-0.1, -0.05) is 0 Å². The molecule has 260 valence electrons. The summed E-state index contributed by atoms with van der Waals surface area (Å²) in [6.07, 6.45) is 0. The summed E-state index contributed by atoms with van der Waals surface area (Å²) in [6.45, 7) is 12.6. The lowest BCUT2D eigenvalue weighted by Gasteiger charge is -2.06. The Morgan fingerprint density at radius 1 is 0.167 bits per heavy atom. The normalized spacial score (nSPS) is 10.3. The number of methoxy groups -OCH3 is 8. The van der Waals surface area contributed by atoms with Crippen LogP contribution in [-0.2, 0) is 66.3 Å². The fraction of sp³-hybridized carbons (Fsp3) is 1.00. The van der Waals surface area contributed by atoms with E-state index in [0.29, 0.717) is 132 Å². The maximum absolute atomic E-state index is 5.26. The smallest absolute Gasteiger partial charge is 0.0701 e. The number of rotatable bonds is 30. The van der Waals surface area contributed by atoms with E-state index in [-0.39, 0.29) is 0 Å². The molecule has 0 bridgehead atoms. The molecule has 0 aromatic carbocycles. The topological polar surface area (TPSA) is 129 Å². The second-order valence-corrected chi connectivity index (χ2v) is 7.62. The average molecular weight is 625 g/mol. The molecule has 0 radical (unpaired) electrons. The first-order valence-electron chi connectivity index (χ1n) is 14.0. The zero-order valence-electron chi connectivity index (χ0n) is 27.9. The third-order valence-electron chi connectivity index (χ3n) is 4.20. The van der Waals surface area contributed by atoms with Crippen LogP contribution in [0.4, 0.5) is 0 Å². The quantitative estimate of drug-likeness (QED) is 0.106. The van der Waals surface area contributed by atoms with Crippen molar-refractivity contribution in [2.75, 3.05) is 189 Å². The summed E-state index contributed by atoms with van der Waals surface area (Å²) in [5.74, 6) is 0. The van der Waals surface area contributed by atoms with Gasteiger partial charge in [0, 0.05) is 56.9 Å². The third kappa shape index (κ3) is 67.2. The Kier molecular flexibility index (Phi) is 64.8. The van der Waals surface area contributed by atoms with Gasteiger partial charge in [-0.2, -0.15) is 0 Å². The van der Waals surface area contributed by atoms with Crippen LogP contribution in [-0.4, -0.2) is 189 Å². The summed E-state index contributed by atoms with van der Waals surface area (Å²) in [4.78, 5) is 0. The zero-order chi connectivity index (χ0) is 32.0. The van der Waals surface area contributed by atoms with E-state index in [2.05, 4.69) is 9.47 Å². The van der Waals surface area contributed by atoms with Gasteiger partial charge in [0.25, 0.3) is 0 Å². The number of hydrogen-bond donors (Lipinski definition) is 0. The van der Waals surface area contributed by atoms with E-state index in [1.165, 1.54) is 0 Å². The first-order valence-corrected chi connectivity index (χ1v) is 14.0. The molecule has 14 heteroatoms. The highest BCUT2D eigenvalue weighted by molar-refractivity contribution is 4.34. The molecule has 0 rings (SSSR count). The van der Waals surface area contributed by atoms with Crippen molar-refractivity contribution in [2.45, 2.75) is 0 Å². The second kappa shape index (κ2) is 56.3. The average Bonchev–Trinajstić information content (AvgIpc) is 3.01. The summed E-state index contributed by atoms with van der Waals surface area (Å²) in [5, 5.41) is 0. The van der Waals surface area contributed by atoms with Crippen molar-refractivity contribution in [2.24, 2.45) is 0 Å². The molecule has 0 atom stereocenters. The van der Waals surface area contributed by atoms with Crippen LogP contribution in [0, 0.1) is 0 Å². The predicted molar refractivity (Wildman–Crippen MR) is 160 cm³/mol. The van der Waals surface area contributed by atoms with Crippen LogP contribution in [0.25, 0.3) is 0 Å². The highest BCUT2D eigenvalue weighted by Crippen LogP contribution is 1.82. The van der Waals surface area contributed by atoms with Crippen molar-refractivity contribution in [3.8, 4) is 0 Å². The Morgan fingerprint density at radius 2 is 0.262 bits per heavy atom. The minimum Gasteiger partial charge on any atom is -0.382 e. The van der Waals surface area contributed by atoms with Gasteiger partial charge < -0.3 is 66.3 Å². The highest BCUT2D eigenvalue weighted by atomic mass is 16.6. The van der Waals surface area contributed by atoms with E-state index >= 15 is 0 Å². The van der Waals surface area contributed by atoms with Gasteiger partial charge in [0.2, 0.25) is 0 Å². The van der Waals surface area contributed by atoms with Crippen LogP contribution in [0.15, 0.2) is 0 Å². The summed E-state index contributed by atoms with van der Waals surface area (Å²) in [5.41, 5.74) is 0.